The minimum Gasteiger partial charge on any atom is -0.409 e. The van der Waals surface area contributed by atoms with E-state index in [1.54, 1.807) is 0 Å². The van der Waals surface area contributed by atoms with Crippen molar-refractivity contribution in [3.05, 3.63) is 35.9 Å². The van der Waals surface area contributed by atoms with E-state index in [9.17, 15) is 0 Å². The van der Waals surface area contributed by atoms with E-state index in [0.29, 0.717) is 0 Å². The molecular weight excluding hydrogens is 252 g/mol. The average molecular weight is 270 g/mol. The molecule has 1 aromatic carbocycles. The Kier molecular flexibility index (Phi) is 3.41. The number of rotatable bonds is 2. The Morgan fingerprint density at radius 1 is 1.20 bits per heavy atom. The highest BCUT2D eigenvalue weighted by Crippen LogP contribution is 2.25. The van der Waals surface area contributed by atoms with Crippen molar-refractivity contribution >= 4 is 22.6 Å². The number of aromatic nitrogens is 1. The summed E-state index contributed by atoms with van der Waals surface area (Å²) in [4.78, 5) is 6.98. The first-order chi connectivity index (χ1) is 9.79. The highest BCUT2D eigenvalue weighted by molar-refractivity contribution is 6.08. The predicted molar refractivity (Wildman–Crippen MR) is 80.3 cm³/mol. The first-order valence-corrected chi connectivity index (χ1v) is 6.92. The zero-order valence-corrected chi connectivity index (χ0v) is 11.3. The molecular formula is C15H18N4O. The first-order valence-electron chi connectivity index (χ1n) is 6.92. The van der Waals surface area contributed by atoms with Gasteiger partial charge < -0.3 is 15.8 Å². The smallest absolute Gasteiger partial charge is 0.170 e. The van der Waals surface area contributed by atoms with Crippen LogP contribution in [0.4, 0.5) is 5.82 Å². The molecule has 0 radical (unpaired) electrons. The van der Waals surface area contributed by atoms with Gasteiger partial charge in [0.05, 0.1) is 5.52 Å². The molecule has 0 atom stereocenters. The summed E-state index contributed by atoms with van der Waals surface area (Å²) < 4.78 is 0. The van der Waals surface area contributed by atoms with Crippen LogP contribution in [0.3, 0.4) is 0 Å². The molecule has 0 unspecified atom stereocenters. The van der Waals surface area contributed by atoms with Crippen LogP contribution in [-0.2, 0) is 0 Å². The zero-order valence-electron chi connectivity index (χ0n) is 11.3. The summed E-state index contributed by atoms with van der Waals surface area (Å²) in [7, 11) is 0. The molecule has 5 heteroatoms. The van der Waals surface area contributed by atoms with Gasteiger partial charge in [0, 0.05) is 24.0 Å². The summed E-state index contributed by atoms with van der Waals surface area (Å²) in [6, 6.07) is 9.69. The molecule has 0 amide bonds. The first kappa shape index (κ1) is 12.7. The number of piperidine rings is 1. The van der Waals surface area contributed by atoms with Crippen LogP contribution in [0.25, 0.3) is 10.9 Å². The van der Waals surface area contributed by atoms with Crippen molar-refractivity contribution in [3.8, 4) is 0 Å². The highest BCUT2D eigenvalue weighted by Gasteiger charge is 2.16. The minimum absolute atomic E-state index is 0.127. The van der Waals surface area contributed by atoms with Crippen molar-refractivity contribution in [3.63, 3.8) is 0 Å². The lowest BCUT2D eigenvalue weighted by molar-refractivity contribution is 0.318. The number of benzene rings is 1. The fraction of sp³-hybridized carbons (Fsp3) is 0.333. The van der Waals surface area contributed by atoms with Crippen molar-refractivity contribution in [1.29, 1.82) is 0 Å². The SMILES string of the molecule is NC(=NO)c1cc(N2CCCCC2)nc2ccccc12. The van der Waals surface area contributed by atoms with Gasteiger partial charge in [0.25, 0.3) is 0 Å². The lowest BCUT2D eigenvalue weighted by atomic mass is 10.1. The number of nitrogens with zero attached hydrogens (tertiary/aromatic N) is 3. The Balaban J connectivity index is 2.14. The van der Waals surface area contributed by atoms with Gasteiger partial charge in [-0.05, 0) is 31.4 Å². The summed E-state index contributed by atoms with van der Waals surface area (Å²) in [5.41, 5.74) is 7.42. The number of amidine groups is 1. The Morgan fingerprint density at radius 2 is 1.95 bits per heavy atom. The van der Waals surface area contributed by atoms with E-state index in [1.165, 1.54) is 19.3 Å². The fourth-order valence-corrected chi connectivity index (χ4v) is 2.71. The zero-order chi connectivity index (χ0) is 13.9. The van der Waals surface area contributed by atoms with Gasteiger partial charge in [-0.3, -0.25) is 0 Å². The monoisotopic (exact) mass is 270 g/mol. The van der Waals surface area contributed by atoms with Crippen molar-refractivity contribution in [2.24, 2.45) is 10.9 Å². The van der Waals surface area contributed by atoms with Crippen LogP contribution in [0.2, 0.25) is 0 Å². The van der Waals surface area contributed by atoms with Crippen LogP contribution in [0.15, 0.2) is 35.5 Å². The quantitative estimate of drug-likeness (QED) is 0.380. The molecule has 1 aliphatic rings. The summed E-state index contributed by atoms with van der Waals surface area (Å²) in [5.74, 6) is 1.03. The van der Waals surface area contributed by atoms with Gasteiger partial charge in [-0.15, -0.1) is 0 Å². The predicted octanol–water partition coefficient (Wildman–Crippen LogP) is 2.32. The largest absolute Gasteiger partial charge is 0.409 e. The molecule has 0 bridgehead atoms. The Hall–Kier alpha value is -2.30. The third-order valence-electron chi connectivity index (χ3n) is 3.77. The Morgan fingerprint density at radius 3 is 2.70 bits per heavy atom. The molecule has 1 aliphatic heterocycles. The fourth-order valence-electron chi connectivity index (χ4n) is 2.71. The van der Waals surface area contributed by atoms with Crippen LogP contribution in [0.1, 0.15) is 24.8 Å². The van der Waals surface area contributed by atoms with Crippen molar-refractivity contribution in [1.82, 2.24) is 4.98 Å². The summed E-state index contributed by atoms with van der Waals surface area (Å²) in [6.07, 6.45) is 3.65. The number of anilines is 1. The van der Waals surface area contributed by atoms with E-state index < -0.39 is 0 Å². The van der Waals surface area contributed by atoms with E-state index in [2.05, 4.69) is 10.1 Å². The van der Waals surface area contributed by atoms with Crippen LogP contribution < -0.4 is 10.6 Å². The number of para-hydroxylation sites is 1. The van der Waals surface area contributed by atoms with Gasteiger partial charge in [-0.2, -0.15) is 0 Å². The number of hydrogen-bond acceptors (Lipinski definition) is 4. The molecule has 0 saturated carbocycles. The number of fused-ring (bicyclic) bond motifs is 1. The van der Waals surface area contributed by atoms with E-state index in [4.69, 9.17) is 15.9 Å². The summed E-state index contributed by atoms with van der Waals surface area (Å²) >= 11 is 0. The number of hydrogen-bond donors (Lipinski definition) is 2. The maximum atomic E-state index is 8.98. The number of pyridine rings is 1. The van der Waals surface area contributed by atoms with Gasteiger partial charge in [-0.25, -0.2) is 4.98 Å². The van der Waals surface area contributed by atoms with Crippen molar-refractivity contribution in [2.75, 3.05) is 18.0 Å². The lowest BCUT2D eigenvalue weighted by Crippen LogP contribution is -2.30. The summed E-state index contributed by atoms with van der Waals surface area (Å²) in [6.45, 7) is 2.03. The topological polar surface area (TPSA) is 74.7 Å². The molecule has 104 valence electrons. The third-order valence-corrected chi connectivity index (χ3v) is 3.77. The molecule has 3 N–H and O–H groups in total. The van der Waals surface area contributed by atoms with Crippen LogP contribution in [-0.4, -0.2) is 29.1 Å². The second-order valence-corrected chi connectivity index (χ2v) is 5.08. The third kappa shape index (κ3) is 2.27. The van der Waals surface area contributed by atoms with E-state index in [0.717, 1.165) is 35.4 Å². The van der Waals surface area contributed by atoms with Gasteiger partial charge in [0.15, 0.2) is 5.84 Å². The Bertz CT molecular complexity index is 647. The standard InChI is InChI=1S/C15H18N4O/c16-15(18-20)12-10-14(19-8-4-1-5-9-19)17-13-7-3-2-6-11(12)13/h2-3,6-7,10,20H,1,4-5,8-9H2,(H2,16,18). The maximum Gasteiger partial charge on any atom is 0.170 e. The van der Waals surface area contributed by atoms with Crippen molar-refractivity contribution in [2.45, 2.75) is 19.3 Å². The molecule has 5 nitrogen and oxygen atoms in total. The maximum absolute atomic E-state index is 8.98. The van der Waals surface area contributed by atoms with E-state index in [1.807, 2.05) is 30.3 Å². The van der Waals surface area contributed by atoms with Crippen molar-refractivity contribution < 1.29 is 5.21 Å². The van der Waals surface area contributed by atoms with Gasteiger partial charge in [0.2, 0.25) is 0 Å². The highest BCUT2D eigenvalue weighted by atomic mass is 16.4. The second kappa shape index (κ2) is 5.36. The Labute approximate surface area is 117 Å². The molecule has 1 aromatic heterocycles. The molecule has 0 aliphatic carbocycles. The van der Waals surface area contributed by atoms with E-state index >= 15 is 0 Å². The second-order valence-electron chi connectivity index (χ2n) is 5.08. The molecule has 3 rings (SSSR count). The molecule has 1 fully saturated rings. The van der Waals surface area contributed by atoms with E-state index in [-0.39, 0.29) is 5.84 Å². The normalized spacial score (nSPS) is 16.6. The number of nitrogens with two attached hydrogens (primary N) is 1. The molecule has 0 spiro atoms. The average Bonchev–Trinajstić information content (AvgIpc) is 2.54. The number of oxime groups is 1. The van der Waals surface area contributed by atoms with Crippen LogP contribution in [0.5, 0.6) is 0 Å². The van der Waals surface area contributed by atoms with Gasteiger partial charge in [-0.1, -0.05) is 23.4 Å². The molecule has 20 heavy (non-hydrogen) atoms. The lowest BCUT2D eigenvalue weighted by Gasteiger charge is -2.28. The minimum atomic E-state index is 0.127. The molecule has 2 aromatic rings. The summed E-state index contributed by atoms with van der Waals surface area (Å²) in [5, 5.41) is 13.0. The van der Waals surface area contributed by atoms with Gasteiger partial charge >= 0.3 is 0 Å². The molecule has 1 saturated heterocycles. The molecule has 2 heterocycles. The van der Waals surface area contributed by atoms with Crippen LogP contribution in [0, 0.1) is 0 Å². The van der Waals surface area contributed by atoms with Crippen LogP contribution >= 0.6 is 0 Å². The van der Waals surface area contributed by atoms with Gasteiger partial charge in [0.1, 0.15) is 5.82 Å².